The van der Waals surface area contributed by atoms with Gasteiger partial charge < -0.3 is 20.1 Å². The lowest BCUT2D eigenvalue weighted by Crippen LogP contribution is -2.26. The third-order valence-electron chi connectivity index (χ3n) is 3.60. The molecule has 1 aliphatic rings. The van der Waals surface area contributed by atoms with Gasteiger partial charge in [0.2, 0.25) is 0 Å². The minimum absolute atomic E-state index is 0.633. The van der Waals surface area contributed by atoms with E-state index in [-0.39, 0.29) is 0 Å². The smallest absolute Gasteiger partial charge is 0.142 e. The number of rotatable bonds is 5. The highest BCUT2D eigenvalue weighted by atomic mass is 16.5. The summed E-state index contributed by atoms with van der Waals surface area (Å²) in [4.78, 5) is 2.40. The number of nitrogens with two attached hydrogens (primary N) is 1. The Kier molecular flexibility index (Phi) is 4.31. The highest BCUT2D eigenvalue weighted by molar-refractivity contribution is 5.56. The van der Waals surface area contributed by atoms with E-state index in [0.717, 1.165) is 17.9 Å². The van der Waals surface area contributed by atoms with Crippen molar-refractivity contribution in [3.8, 4) is 11.5 Å². The van der Waals surface area contributed by atoms with E-state index >= 15 is 0 Å². The molecule has 0 aromatic heterocycles. The Hall–Kier alpha value is -1.42. The van der Waals surface area contributed by atoms with Crippen LogP contribution >= 0.6 is 0 Å². The molecule has 1 fully saturated rings. The summed E-state index contributed by atoms with van der Waals surface area (Å²) in [7, 11) is 3.81. The lowest BCUT2D eigenvalue weighted by molar-refractivity contribution is 0.234. The number of methoxy groups -OCH3 is 1. The van der Waals surface area contributed by atoms with Gasteiger partial charge in [-0.3, -0.25) is 0 Å². The summed E-state index contributed by atoms with van der Waals surface area (Å²) in [6.07, 6.45) is 3.63. The molecular formula is C14H22N2O2. The minimum atomic E-state index is 0.633. The molecule has 2 N–H and O–H groups in total. The van der Waals surface area contributed by atoms with Crippen molar-refractivity contribution in [1.82, 2.24) is 4.90 Å². The third-order valence-corrected chi connectivity index (χ3v) is 3.60. The predicted octanol–water partition coefficient (Wildman–Crippen LogP) is 2.14. The van der Waals surface area contributed by atoms with Crippen LogP contribution in [0.3, 0.4) is 0 Å². The van der Waals surface area contributed by atoms with E-state index in [1.165, 1.54) is 19.4 Å². The first-order chi connectivity index (χ1) is 8.70. The molecule has 18 heavy (non-hydrogen) atoms. The number of benzene rings is 1. The van der Waals surface area contributed by atoms with E-state index < -0.39 is 0 Å². The van der Waals surface area contributed by atoms with Gasteiger partial charge in [-0.25, -0.2) is 0 Å². The molecule has 1 saturated heterocycles. The number of ether oxygens (including phenoxy) is 2. The molecule has 0 spiro atoms. The number of nitrogens with zero attached hydrogens (tertiary/aromatic N) is 1. The van der Waals surface area contributed by atoms with Gasteiger partial charge in [-0.2, -0.15) is 0 Å². The van der Waals surface area contributed by atoms with Crippen LogP contribution in [0.4, 0.5) is 5.69 Å². The second-order valence-corrected chi connectivity index (χ2v) is 4.82. The Morgan fingerprint density at radius 3 is 2.89 bits per heavy atom. The lowest BCUT2D eigenvalue weighted by Gasteiger charge is -2.19. The van der Waals surface area contributed by atoms with Crippen LogP contribution in [0.5, 0.6) is 11.5 Å². The van der Waals surface area contributed by atoms with Gasteiger partial charge in [0.1, 0.15) is 11.5 Å². The first-order valence-corrected chi connectivity index (χ1v) is 6.47. The van der Waals surface area contributed by atoms with Crippen molar-refractivity contribution >= 4 is 5.69 Å². The van der Waals surface area contributed by atoms with E-state index in [1.807, 2.05) is 12.1 Å². The van der Waals surface area contributed by atoms with Gasteiger partial charge in [0.05, 0.1) is 19.4 Å². The molecule has 1 atom stereocenters. The van der Waals surface area contributed by atoms with Crippen LogP contribution in [0.2, 0.25) is 0 Å². The van der Waals surface area contributed by atoms with Crippen molar-refractivity contribution in [1.29, 1.82) is 0 Å². The van der Waals surface area contributed by atoms with Crippen LogP contribution in [-0.2, 0) is 0 Å². The SMILES string of the molecule is COc1ccc(OCCC2CCCN2C)c(N)c1. The van der Waals surface area contributed by atoms with Crippen LogP contribution in [0.1, 0.15) is 19.3 Å². The first kappa shape index (κ1) is 13.0. The molecule has 1 aliphatic heterocycles. The summed E-state index contributed by atoms with van der Waals surface area (Å²) in [6.45, 7) is 1.92. The molecular weight excluding hydrogens is 228 g/mol. The standard InChI is InChI=1S/C14H22N2O2/c1-16-8-3-4-11(16)7-9-18-14-6-5-12(17-2)10-13(14)15/h5-6,10-11H,3-4,7-9,15H2,1-2H3. The predicted molar refractivity (Wildman–Crippen MR) is 73.2 cm³/mol. The Labute approximate surface area is 109 Å². The maximum Gasteiger partial charge on any atom is 0.142 e. The number of anilines is 1. The molecule has 0 saturated carbocycles. The Bertz CT molecular complexity index is 395. The Morgan fingerprint density at radius 2 is 2.28 bits per heavy atom. The normalized spacial score (nSPS) is 20.0. The molecule has 4 heteroatoms. The fourth-order valence-corrected chi connectivity index (χ4v) is 2.43. The van der Waals surface area contributed by atoms with Crippen LogP contribution in [-0.4, -0.2) is 38.3 Å². The molecule has 1 aromatic carbocycles. The van der Waals surface area contributed by atoms with Gasteiger partial charge in [0, 0.05) is 12.1 Å². The van der Waals surface area contributed by atoms with Gasteiger partial charge in [0.15, 0.2) is 0 Å². The molecule has 0 bridgehead atoms. The second-order valence-electron chi connectivity index (χ2n) is 4.82. The monoisotopic (exact) mass is 250 g/mol. The zero-order valence-electron chi connectivity index (χ0n) is 11.2. The molecule has 4 nitrogen and oxygen atoms in total. The molecule has 0 radical (unpaired) electrons. The van der Waals surface area contributed by atoms with Crippen LogP contribution in [0.15, 0.2) is 18.2 Å². The van der Waals surface area contributed by atoms with E-state index in [9.17, 15) is 0 Å². The molecule has 1 aromatic rings. The van der Waals surface area contributed by atoms with Crippen molar-refractivity contribution in [3.05, 3.63) is 18.2 Å². The zero-order valence-corrected chi connectivity index (χ0v) is 11.2. The van der Waals surface area contributed by atoms with Crippen molar-refractivity contribution in [3.63, 3.8) is 0 Å². The van der Waals surface area contributed by atoms with Crippen LogP contribution in [0, 0.1) is 0 Å². The van der Waals surface area contributed by atoms with E-state index in [4.69, 9.17) is 15.2 Å². The highest BCUT2D eigenvalue weighted by Crippen LogP contribution is 2.27. The van der Waals surface area contributed by atoms with Gasteiger partial charge in [-0.15, -0.1) is 0 Å². The highest BCUT2D eigenvalue weighted by Gasteiger charge is 2.20. The summed E-state index contributed by atoms with van der Waals surface area (Å²) in [5, 5.41) is 0. The second kappa shape index (κ2) is 5.96. The maximum atomic E-state index is 5.90. The summed E-state index contributed by atoms with van der Waals surface area (Å²) in [5.74, 6) is 1.51. The van der Waals surface area contributed by atoms with Crippen LogP contribution in [0.25, 0.3) is 0 Å². The van der Waals surface area contributed by atoms with Crippen molar-refractivity contribution < 1.29 is 9.47 Å². The summed E-state index contributed by atoms with van der Waals surface area (Å²) in [5.41, 5.74) is 6.54. The van der Waals surface area contributed by atoms with Gasteiger partial charge in [-0.05, 0) is 45.0 Å². The van der Waals surface area contributed by atoms with Crippen molar-refractivity contribution in [2.75, 3.05) is 33.0 Å². The molecule has 1 heterocycles. The summed E-state index contributed by atoms with van der Waals surface area (Å²) >= 11 is 0. The average molecular weight is 250 g/mol. The maximum absolute atomic E-state index is 5.90. The van der Waals surface area contributed by atoms with E-state index in [2.05, 4.69) is 11.9 Å². The molecule has 0 aliphatic carbocycles. The zero-order chi connectivity index (χ0) is 13.0. The van der Waals surface area contributed by atoms with Gasteiger partial charge in [0.25, 0.3) is 0 Å². The van der Waals surface area contributed by atoms with E-state index in [0.29, 0.717) is 18.3 Å². The van der Waals surface area contributed by atoms with Crippen molar-refractivity contribution in [2.45, 2.75) is 25.3 Å². The lowest BCUT2D eigenvalue weighted by atomic mass is 10.1. The number of likely N-dealkylation sites (tertiary alicyclic amines) is 1. The summed E-state index contributed by atoms with van der Waals surface area (Å²) in [6, 6.07) is 6.18. The Balaban J connectivity index is 1.83. The largest absolute Gasteiger partial charge is 0.497 e. The number of nitrogen functional groups attached to an aromatic ring is 1. The van der Waals surface area contributed by atoms with Crippen molar-refractivity contribution in [2.24, 2.45) is 0 Å². The quantitative estimate of drug-likeness (QED) is 0.813. The Morgan fingerprint density at radius 1 is 1.44 bits per heavy atom. The summed E-state index contributed by atoms with van der Waals surface area (Å²) < 4.78 is 10.8. The average Bonchev–Trinajstić information content (AvgIpc) is 2.77. The molecule has 0 amide bonds. The van der Waals surface area contributed by atoms with E-state index in [1.54, 1.807) is 13.2 Å². The third kappa shape index (κ3) is 3.07. The first-order valence-electron chi connectivity index (χ1n) is 6.47. The fraction of sp³-hybridized carbons (Fsp3) is 0.571. The number of hydrogen-bond donors (Lipinski definition) is 1. The van der Waals surface area contributed by atoms with Gasteiger partial charge >= 0.3 is 0 Å². The van der Waals surface area contributed by atoms with Gasteiger partial charge in [-0.1, -0.05) is 0 Å². The molecule has 2 rings (SSSR count). The molecule has 100 valence electrons. The number of hydrogen-bond acceptors (Lipinski definition) is 4. The fourth-order valence-electron chi connectivity index (χ4n) is 2.43. The molecule has 1 unspecified atom stereocenters. The van der Waals surface area contributed by atoms with Crippen LogP contribution < -0.4 is 15.2 Å². The minimum Gasteiger partial charge on any atom is -0.497 e. The topological polar surface area (TPSA) is 47.7 Å².